The number of carbonyl (C=O) groups is 1. The number of nitrogens with zero attached hydrogens (tertiary/aromatic N) is 1. The maximum absolute atomic E-state index is 12.1. The minimum atomic E-state index is 0.247. The molecule has 3 nitrogen and oxygen atoms in total. The number of hydrogen-bond acceptors (Lipinski definition) is 2. The van der Waals surface area contributed by atoms with Gasteiger partial charge in [-0.3, -0.25) is 4.79 Å². The van der Waals surface area contributed by atoms with E-state index in [9.17, 15) is 4.79 Å². The molecule has 1 aliphatic heterocycles. The summed E-state index contributed by atoms with van der Waals surface area (Å²) in [5, 5.41) is 0. The van der Waals surface area contributed by atoms with Crippen LogP contribution in [-0.4, -0.2) is 18.5 Å². The van der Waals surface area contributed by atoms with Crippen LogP contribution in [0.1, 0.15) is 50.7 Å². The topological polar surface area (TPSA) is 46.3 Å². The number of hydrogen-bond donors (Lipinski definition) is 1. The maximum Gasteiger partial charge on any atom is 0.226 e. The van der Waals surface area contributed by atoms with Gasteiger partial charge in [-0.05, 0) is 42.9 Å². The van der Waals surface area contributed by atoms with Gasteiger partial charge < -0.3 is 10.6 Å². The van der Waals surface area contributed by atoms with Gasteiger partial charge in [-0.15, -0.1) is 0 Å². The van der Waals surface area contributed by atoms with Gasteiger partial charge >= 0.3 is 0 Å². The predicted octanol–water partition coefficient (Wildman–Crippen LogP) is 3.05. The predicted molar refractivity (Wildman–Crippen MR) is 84.0 cm³/mol. The fraction of sp³-hybridized carbons (Fsp3) is 0.588. The van der Waals surface area contributed by atoms with Crippen molar-refractivity contribution in [1.82, 2.24) is 0 Å². The number of rotatable bonds is 6. The lowest BCUT2D eigenvalue weighted by Crippen LogP contribution is -2.28. The number of fused-ring (bicyclic) bond motifs is 1. The van der Waals surface area contributed by atoms with Crippen molar-refractivity contribution in [2.45, 2.75) is 58.4 Å². The van der Waals surface area contributed by atoms with Crippen LogP contribution in [0.5, 0.6) is 0 Å². The van der Waals surface area contributed by atoms with Gasteiger partial charge in [0.15, 0.2) is 0 Å². The Labute approximate surface area is 122 Å². The average molecular weight is 274 g/mol. The van der Waals surface area contributed by atoms with Crippen molar-refractivity contribution in [2.75, 3.05) is 11.4 Å². The van der Waals surface area contributed by atoms with Crippen LogP contribution in [0.25, 0.3) is 0 Å². The Hall–Kier alpha value is -1.35. The van der Waals surface area contributed by atoms with Gasteiger partial charge in [0.05, 0.1) is 0 Å². The summed E-state index contributed by atoms with van der Waals surface area (Å²) in [6.07, 6.45) is 5.66. The van der Waals surface area contributed by atoms with E-state index in [2.05, 4.69) is 25.1 Å². The highest BCUT2D eigenvalue weighted by atomic mass is 16.2. The molecule has 1 aromatic carbocycles. The Morgan fingerprint density at radius 1 is 1.35 bits per heavy atom. The van der Waals surface area contributed by atoms with Crippen molar-refractivity contribution < 1.29 is 4.79 Å². The molecule has 1 aliphatic rings. The van der Waals surface area contributed by atoms with Crippen molar-refractivity contribution in [2.24, 2.45) is 5.73 Å². The molecular weight excluding hydrogens is 248 g/mol. The maximum atomic E-state index is 12.1. The van der Waals surface area contributed by atoms with Crippen molar-refractivity contribution in [3.8, 4) is 0 Å². The third kappa shape index (κ3) is 3.40. The zero-order valence-corrected chi connectivity index (χ0v) is 12.7. The summed E-state index contributed by atoms with van der Waals surface area (Å²) in [5.74, 6) is 0.252. The van der Waals surface area contributed by atoms with Gasteiger partial charge in [-0.2, -0.15) is 0 Å². The lowest BCUT2D eigenvalue weighted by atomic mass is 10.00. The molecule has 3 heteroatoms. The Bertz CT molecular complexity index is 470. The zero-order chi connectivity index (χ0) is 14.5. The number of amides is 1. The molecule has 0 saturated heterocycles. The standard InChI is InChI=1S/C17H26N2O/c1-3-5-15(18)12-13-7-8-16-14(11-13)9-10-19(16)17(20)6-4-2/h7-8,11,15H,3-6,9-10,12,18H2,1-2H3. The zero-order valence-electron chi connectivity index (χ0n) is 12.7. The summed E-state index contributed by atoms with van der Waals surface area (Å²) in [6.45, 7) is 5.05. The van der Waals surface area contributed by atoms with E-state index in [-0.39, 0.29) is 11.9 Å². The van der Waals surface area contributed by atoms with Crippen molar-refractivity contribution in [3.63, 3.8) is 0 Å². The highest BCUT2D eigenvalue weighted by molar-refractivity contribution is 5.95. The van der Waals surface area contributed by atoms with E-state index in [0.29, 0.717) is 6.42 Å². The lowest BCUT2D eigenvalue weighted by molar-refractivity contribution is -0.118. The van der Waals surface area contributed by atoms with E-state index in [0.717, 1.165) is 44.3 Å². The van der Waals surface area contributed by atoms with Crippen LogP contribution >= 0.6 is 0 Å². The molecule has 0 spiro atoms. The summed E-state index contributed by atoms with van der Waals surface area (Å²) in [6, 6.07) is 6.72. The minimum absolute atomic E-state index is 0.247. The number of benzene rings is 1. The third-order valence-corrected chi connectivity index (χ3v) is 3.96. The van der Waals surface area contributed by atoms with Crippen LogP contribution in [0.4, 0.5) is 5.69 Å². The highest BCUT2D eigenvalue weighted by Gasteiger charge is 2.24. The summed E-state index contributed by atoms with van der Waals surface area (Å²) >= 11 is 0. The van der Waals surface area contributed by atoms with Crippen LogP contribution in [-0.2, 0) is 17.6 Å². The SMILES string of the molecule is CCCC(=O)N1CCc2cc(CC(N)CCC)ccc21. The van der Waals surface area contributed by atoms with Crippen LogP contribution in [0, 0.1) is 0 Å². The molecule has 2 rings (SSSR count). The molecule has 0 bridgehead atoms. The highest BCUT2D eigenvalue weighted by Crippen LogP contribution is 2.30. The molecule has 0 aliphatic carbocycles. The van der Waals surface area contributed by atoms with E-state index in [1.54, 1.807) is 0 Å². The van der Waals surface area contributed by atoms with Gasteiger partial charge in [-0.1, -0.05) is 32.4 Å². The van der Waals surface area contributed by atoms with E-state index >= 15 is 0 Å². The Balaban J connectivity index is 2.08. The Kier molecular flexibility index (Phi) is 5.18. The number of carbonyl (C=O) groups excluding carboxylic acids is 1. The quantitative estimate of drug-likeness (QED) is 0.866. The van der Waals surface area contributed by atoms with E-state index in [1.165, 1.54) is 11.1 Å². The molecule has 0 aromatic heterocycles. The number of anilines is 1. The molecule has 2 N–H and O–H groups in total. The average Bonchev–Trinajstić information content (AvgIpc) is 2.82. The van der Waals surface area contributed by atoms with Crippen LogP contribution in [0.15, 0.2) is 18.2 Å². The second kappa shape index (κ2) is 6.89. The largest absolute Gasteiger partial charge is 0.327 e. The fourth-order valence-electron chi connectivity index (χ4n) is 2.97. The van der Waals surface area contributed by atoms with Crippen LogP contribution in [0.3, 0.4) is 0 Å². The molecule has 1 unspecified atom stereocenters. The second-order valence-corrected chi connectivity index (χ2v) is 5.76. The van der Waals surface area contributed by atoms with Gasteiger partial charge in [-0.25, -0.2) is 0 Å². The van der Waals surface area contributed by atoms with Gasteiger partial charge in [0.25, 0.3) is 0 Å². The Morgan fingerprint density at radius 3 is 2.85 bits per heavy atom. The van der Waals surface area contributed by atoms with Gasteiger partial charge in [0, 0.05) is 24.7 Å². The molecule has 0 saturated carbocycles. The third-order valence-electron chi connectivity index (χ3n) is 3.96. The normalized spacial score (nSPS) is 15.2. The van der Waals surface area contributed by atoms with E-state index in [1.807, 2.05) is 11.8 Å². The fourth-order valence-corrected chi connectivity index (χ4v) is 2.97. The molecule has 1 heterocycles. The summed E-state index contributed by atoms with van der Waals surface area (Å²) < 4.78 is 0. The molecule has 0 radical (unpaired) electrons. The first-order valence-electron chi connectivity index (χ1n) is 7.83. The van der Waals surface area contributed by atoms with E-state index < -0.39 is 0 Å². The van der Waals surface area contributed by atoms with Crippen molar-refractivity contribution in [3.05, 3.63) is 29.3 Å². The molecule has 1 amide bonds. The van der Waals surface area contributed by atoms with E-state index in [4.69, 9.17) is 5.73 Å². The molecule has 1 aromatic rings. The number of nitrogens with two attached hydrogens (primary N) is 1. The van der Waals surface area contributed by atoms with Gasteiger partial charge in [0.2, 0.25) is 5.91 Å². The van der Waals surface area contributed by atoms with Crippen molar-refractivity contribution >= 4 is 11.6 Å². The monoisotopic (exact) mass is 274 g/mol. The summed E-state index contributed by atoms with van der Waals surface area (Å²) in [4.78, 5) is 14.0. The second-order valence-electron chi connectivity index (χ2n) is 5.76. The minimum Gasteiger partial charge on any atom is -0.327 e. The van der Waals surface area contributed by atoms with Gasteiger partial charge in [0.1, 0.15) is 0 Å². The smallest absolute Gasteiger partial charge is 0.226 e. The molecule has 110 valence electrons. The van der Waals surface area contributed by atoms with Crippen LogP contribution in [0.2, 0.25) is 0 Å². The molecular formula is C17H26N2O. The first-order chi connectivity index (χ1) is 9.65. The summed E-state index contributed by atoms with van der Waals surface area (Å²) in [5.41, 5.74) is 9.82. The van der Waals surface area contributed by atoms with Crippen molar-refractivity contribution in [1.29, 1.82) is 0 Å². The Morgan fingerprint density at radius 2 is 2.15 bits per heavy atom. The molecule has 0 fully saturated rings. The molecule has 1 atom stereocenters. The lowest BCUT2D eigenvalue weighted by Gasteiger charge is -2.17. The summed E-state index contributed by atoms with van der Waals surface area (Å²) in [7, 11) is 0. The first kappa shape index (κ1) is 15.0. The molecule has 20 heavy (non-hydrogen) atoms. The van der Waals surface area contributed by atoms with Crippen LogP contribution < -0.4 is 10.6 Å². The first-order valence-corrected chi connectivity index (χ1v) is 7.83.